The maximum atomic E-state index is 12.9. The molecule has 0 saturated carbocycles. The molecule has 0 saturated heterocycles. The number of benzene rings is 2. The zero-order valence-corrected chi connectivity index (χ0v) is 11.7. The first-order valence-corrected chi connectivity index (χ1v) is 7.13. The Morgan fingerprint density at radius 1 is 1.05 bits per heavy atom. The van der Waals surface area contributed by atoms with E-state index in [-0.39, 0.29) is 11.6 Å². The standard InChI is InChI=1S/C17H18F2N2/c18-17(19)14-6-3-5-13(10-14)16(11-20)21-9-8-12-4-1-2-7-15(12)21/h1-7,10,16-17H,8-9,11,20H2. The van der Waals surface area contributed by atoms with Crippen molar-refractivity contribution in [2.24, 2.45) is 5.73 Å². The molecule has 3 rings (SSSR count). The number of halogens is 2. The topological polar surface area (TPSA) is 29.3 Å². The van der Waals surface area contributed by atoms with Crippen LogP contribution < -0.4 is 10.6 Å². The minimum Gasteiger partial charge on any atom is -0.363 e. The lowest BCUT2D eigenvalue weighted by Gasteiger charge is -2.30. The summed E-state index contributed by atoms with van der Waals surface area (Å²) in [5, 5.41) is 0. The molecule has 0 radical (unpaired) electrons. The molecule has 0 amide bonds. The number of fused-ring (bicyclic) bond motifs is 1. The number of alkyl halides is 2. The third-order valence-electron chi connectivity index (χ3n) is 4.07. The predicted octanol–water partition coefficient (Wildman–Crippen LogP) is 3.69. The molecule has 1 aliphatic rings. The second-order valence-electron chi connectivity index (χ2n) is 5.29. The fourth-order valence-electron chi connectivity index (χ4n) is 3.03. The lowest BCUT2D eigenvalue weighted by Crippen LogP contribution is -2.32. The Bertz CT molecular complexity index is 628. The monoisotopic (exact) mass is 288 g/mol. The van der Waals surface area contributed by atoms with E-state index in [0.717, 1.165) is 24.2 Å². The summed E-state index contributed by atoms with van der Waals surface area (Å²) in [7, 11) is 0. The molecular formula is C17H18F2N2. The summed E-state index contributed by atoms with van der Waals surface area (Å²) in [6.07, 6.45) is -1.48. The van der Waals surface area contributed by atoms with E-state index in [1.165, 1.54) is 11.6 Å². The van der Waals surface area contributed by atoms with E-state index < -0.39 is 6.43 Å². The van der Waals surface area contributed by atoms with Crippen LogP contribution in [0.2, 0.25) is 0 Å². The van der Waals surface area contributed by atoms with Crippen molar-refractivity contribution < 1.29 is 8.78 Å². The van der Waals surface area contributed by atoms with Gasteiger partial charge >= 0.3 is 0 Å². The summed E-state index contributed by atoms with van der Waals surface area (Å²) in [5.74, 6) is 0. The average Bonchev–Trinajstić information content (AvgIpc) is 2.93. The van der Waals surface area contributed by atoms with E-state index in [9.17, 15) is 8.78 Å². The van der Waals surface area contributed by atoms with Gasteiger partial charge in [0, 0.05) is 24.3 Å². The highest BCUT2D eigenvalue weighted by atomic mass is 19.3. The van der Waals surface area contributed by atoms with Crippen molar-refractivity contribution in [3.8, 4) is 0 Å². The van der Waals surface area contributed by atoms with Crippen molar-refractivity contribution in [3.63, 3.8) is 0 Å². The number of para-hydroxylation sites is 1. The number of anilines is 1. The van der Waals surface area contributed by atoms with Gasteiger partial charge in [0.05, 0.1) is 6.04 Å². The molecule has 0 aromatic heterocycles. The molecule has 1 aliphatic heterocycles. The van der Waals surface area contributed by atoms with Crippen LogP contribution in [-0.2, 0) is 6.42 Å². The van der Waals surface area contributed by atoms with Gasteiger partial charge in [0.25, 0.3) is 6.43 Å². The molecule has 0 bridgehead atoms. The van der Waals surface area contributed by atoms with Crippen LogP contribution in [0, 0.1) is 0 Å². The summed E-state index contributed by atoms with van der Waals surface area (Å²) in [6.45, 7) is 1.28. The first-order chi connectivity index (χ1) is 10.2. The van der Waals surface area contributed by atoms with Crippen LogP contribution in [0.15, 0.2) is 48.5 Å². The normalized spacial score (nSPS) is 15.3. The van der Waals surface area contributed by atoms with Crippen molar-refractivity contribution in [2.75, 3.05) is 18.0 Å². The highest BCUT2D eigenvalue weighted by molar-refractivity contribution is 5.59. The summed E-state index contributed by atoms with van der Waals surface area (Å²) in [5.41, 5.74) is 9.30. The second kappa shape index (κ2) is 5.82. The fraction of sp³-hybridized carbons (Fsp3) is 0.294. The lowest BCUT2D eigenvalue weighted by atomic mass is 10.0. The molecule has 2 nitrogen and oxygen atoms in total. The number of nitrogens with zero attached hydrogens (tertiary/aromatic N) is 1. The molecule has 1 atom stereocenters. The Morgan fingerprint density at radius 2 is 1.81 bits per heavy atom. The van der Waals surface area contributed by atoms with Crippen molar-refractivity contribution in [1.82, 2.24) is 0 Å². The lowest BCUT2D eigenvalue weighted by molar-refractivity contribution is 0.151. The van der Waals surface area contributed by atoms with E-state index in [1.54, 1.807) is 12.1 Å². The molecule has 110 valence electrons. The van der Waals surface area contributed by atoms with Crippen molar-refractivity contribution >= 4 is 5.69 Å². The maximum absolute atomic E-state index is 12.9. The molecule has 0 aliphatic carbocycles. The summed E-state index contributed by atoms with van der Waals surface area (Å²) in [6, 6.07) is 14.7. The highest BCUT2D eigenvalue weighted by Crippen LogP contribution is 2.35. The van der Waals surface area contributed by atoms with Gasteiger partial charge in [-0.1, -0.05) is 36.4 Å². The molecule has 1 unspecified atom stereocenters. The molecular weight excluding hydrogens is 270 g/mol. The average molecular weight is 288 g/mol. The molecule has 21 heavy (non-hydrogen) atoms. The number of hydrogen-bond donors (Lipinski definition) is 1. The van der Waals surface area contributed by atoms with E-state index in [4.69, 9.17) is 5.73 Å². The van der Waals surface area contributed by atoms with Crippen LogP contribution in [0.25, 0.3) is 0 Å². The van der Waals surface area contributed by atoms with E-state index >= 15 is 0 Å². The molecule has 2 N–H and O–H groups in total. The molecule has 0 fully saturated rings. The minimum atomic E-state index is -2.45. The Kier molecular flexibility index (Phi) is 3.88. The maximum Gasteiger partial charge on any atom is 0.263 e. The van der Waals surface area contributed by atoms with Crippen LogP contribution in [0.3, 0.4) is 0 Å². The van der Waals surface area contributed by atoms with E-state index in [2.05, 4.69) is 17.0 Å². The molecule has 2 aromatic carbocycles. The second-order valence-corrected chi connectivity index (χ2v) is 5.29. The summed E-state index contributed by atoms with van der Waals surface area (Å²) in [4.78, 5) is 2.22. The SMILES string of the molecule is NCC(c1cccc(C(F)F)c1)N1CCc2ccccc21. The van der Waals surface area contributed by atoms with Gasteiger partial charge in [0.15, 0.2) is 0 Å². The zero-order valence-electron chi connectivity index (χ0n) is 11.7. The van der Waals surface area contributed by atoms with Gasteiger partial charge in [-0.2, -0.15) is 0 Å². The van der Waals surface area contributed by atoms with Crippen LogP contribution in [0.4, 0.5) is 14.5 Å². The zero-order chi connectivity index (χ0) is 14.8. The number of nitrogens with two attached hydrogens (primary N) is 1. The van der Waals surface area contributed by atoms with Gasteiger partial charge < -0.3 is 10.6 Å². The van der Waals surface area contributed by atoms with Gasteiger partial charge in [-0.25, -0.2) is 8.78 Å². The van der Waals surface area contributed by atoms with Crippen LogP contribution in [0.1, 0.15) is 29.2 Å². The van der Waals surface area contributed by atoms with E-state index in [1.807, 2.05) is 18.2 Å². The Hall–Kier alpha value is -1.94. The first-order valence-electron chi connectivity index (χ1n) is 7.13. The largest absolute Gasteiger partial charge is 0.363 e. The van der Waals surface area contributed by atoms with Crippen molar-refractivity contribution in [1.29, 1.82) is 0 Å². The third kappa shape index (κ3) is 2.63. The third-order valence-corrected chi connectivity index (χ3v) is 4.07. The van der Waals surface area contributed by atoms with E-state index in [0.29, 0.717) is 6.54 Å². The molecule has 4 heteroatoms. The fourth-order valence-corrected chi connectivity index (χ4v) is 3.03. The smallest absolute Gasteiger partial charge is 0.263 e. The first kappa shape index (κ1) is 14.0. The Morgan fingerprint density at radius 3 is 2.57 bits per heavy atom. The van der Waals surface area contributed by atoms with Crippen LogP contribution in [-0.4, -0.2) is 13.1 Å². The predicted molar refractivity (Wildman–Crippen MR) is 80.7 cm³/mol. The summed E-state index contributed by atoms with van der Waals surface area (Å²) < 4.78 is 25.8. The molecule has 1 heterocycles. The molecule has 2 aromatic rings. The van der Waals surface area contributed by atoms with Crippen molar-refractivity contribution in [3.05, 3.63) is 65.2 Å². The highest BCUT2D eigenvalue weighted by Gasteiger charge is 2.26. The number of hydrogen-bond acceptors (Lipinski definition) is 2. The Balaban J connectivity index is 1.95. The van der Waals surface area contributed by atoms with Gasteiger partial charge in [0.1, 0.15) is 0 Å². The minimum absolute atomic E-state index is 0.0541. The summed E-state index contributed by atoms with van der Waals surface area (Å²) >= 11 is 0. The number of rotatable bonds is 4. The van der Waals surface area contributed by atoms with Gasteiger partial charge in [0.2, 0.25) is 0 Å². The van der Waals surface area contributed by atoms with Gasteiger partial charge in [-0.3, -0.25) is 0 Å². The van der Waals surface area contributed by atoms with Crippen molar-refractivity contribution in [2.45, 2.75) is 18.9 Å². The van der Waals surface area contributed by atoms with Gasteiger partial charge in [-0.15, -0.1) is 0 Å². The van der Waals surface area contributed by atoms with Crippen LogP contribution >= 0.6 is 0 Å². The van der Waals surface area contributed by atoms with Gasteiger partial charge in [-0.05, 0) is 29.7 Å². The Labute approximate surface area is 123 Å². The van der Waals surface area contributed by atoms with Crippen LogP contribution in [0.5, 0.6) is 0 Å². The quantitative estimate of drug-likeness (QED) is 0.929. The molecule has 0 spiro atoms.